The topological polar surface area (TPSA) is 37.4 Å². The Kier molecular flexibility index (Phi) is 5.09. The molecule has 0 spiro atoms. The van der Waals surface area contributed by atoms with Crippen LogP contribution < -0.4 is 0 Å². The smallest absolute Gasteiger partial charge is 0.179 e. The summed E-state index contributed by atoms with van der Waals surface area (Å²) in [6.45, 7) is 0.739. The number of halogens is 1. The standard InChI is InChI=1S/C16H18FNO2S/c1-18(13-14-7-5-6-10-16(14)17)11-12-21(19,20)15-8-3-2-4-9-15/h2-10H,11-13H2,1H3. The van der Waals surface area contributed by atoms with Gasteiger partial charge in [-0.2, -0.15) is 0 Å². The van der Waals surface area contributed by atoms with Crippen LogP contribution in [0, 0.1) is 5.82 Å². The van der Waals surface area contributed by atoms with Crippen LogP contribution in [-0.4, -0.2) is 32.7 Å². The summed E-state index contributed by atoms with van der Waals surface area (Å²) in [5, 5.41) is 0. The average Bonchev–Trinajstić information content (AvgIpc) is 2.49. The van der Waals surface area contributed by atoms with Crippen molar-refractivity contribution in [2.75, 3.05) is 19.3 Å². The summed E-state index contributed by atoms with van der Waals surface area (Å²) in [4.78, 5) is 2.13. The molecule has 3 nitrogen and oxygen atoms in total. The van der Waals surface area contributed by atoms with E-state index in [-0.39, 0.29) is 11.6 Å². The molecule has 0 heterocycles. The van der Waals surface area contributed by atoms with E-state index in [4.69, 9.17) is 0 Å². The van der Waals surface area contributed by atoms with Gasteiger partial charge in [-0.15, -0.1) is 0 Å². The second kappa shape index (κ2) is 6.83. The molecule has 0 atom stereocenters. The molecule has 0 N–H and O–H groups in total. The summed E-state index contributed by atoms with van der Waals surface area (Å²) >= 11 is 0. The first-order valence-electron chi connectivity index (χ1n) is 6.69. The quantitative estimate of drug-likeness (QED) is 0.823. The van der Waals surface area contributed by atoms with E-state index in [1.807, 2.05) is 0 Å². The fourth-order valence-corrected chi connectivity index (χ4v) is 3.38. The van der Waals surface area contributed by atoms with Crippen LogP contribution in [0.3, 0.4) is 0 Å². The summed E-state index contributed by atoms with van der Waals surface area (Å²) in [7, 11) is -1.51. The van der Waals surface area contributed by atoms with Crippen molar-refractivity contribution in [2.24, 2.45) is 0 Å². The lowest BCUT2D eigenvalue weighted by atomic mass is 10.2. The van der Waals surface area contributed by atoms with Gasteiger partial charge >= 0.3 is 0 Å². The Morgan fingerprint density at radius 2 is 1.62 bits per heavy atom. The molecule has 5 heteroatoms. The number of sulfone groups is 1. The Labute approximate surface area is 124 Å². The van der Waals surface area contributed by atoms with Gasteiger partial charge < -0.3 is 4.90 Å². The molecule has 2 aromatic rings. The first kappa shape index (κ1) is 15.7. The molecule has 0 radical (unpaired) electrons. The van der Waals surface area contributed by atoms with Gasteiger partial charge in [0.2, 0.25) is 0 Å². The molecule has 2 rings (SSSR count). The van der Waals surface area contributed by atoms with Crippen LogP contribution in [0.2, 0.25) is 0 Å². The molecule has 0 aromatic heterocycles. The molecule has 21 heavy (non-hydrogen) atoms. The second-order valence-corrected chi connectivity index (χ2v) is 7.07. The molecule has 112 valence electrons. The van der Waals surface area contributed by atoms with E-state index in [0.29, 0.717) is 23.5 Å². The molecule has 2 aromatic carbocycles. The van der Waals surface area contributed by atoms with Gasteiger partial charge in [-0.3, -0.25) is 0 Å². The third-order valence-electron chi connectivity index (χ3n) is 3.24. The zero-order valence-corrected chi connectivity index (χ0v) is 12.7. The molecule has 0 aliphatic heterocycles. The van der Waals surface area contributed by atoms with E-state index in [2.05, 4.69) is 0 Å². The molecular weight excluding hydrogens is 289 g/mol. The van der Waals surface area contributed by atoms with Crippen LogP contribution in [-0.2, 0) is 16.4 Å². The maximum atomic E-state index is 13.5. The van der Waals surface area contributed by atoms with Gasteiger partial charge in [0.15, 0.2) is 9.84 Å². The molecule has 0 unspecified atom stereocenters. The molecule has 0 amide bonds. The Hall–Kier alpha value is -1.72. The lowest BCUT2D eigenvalue weighted by Crippen LogP contribution is -2.25. The molecule has 0 bridgehead atoms. The SMILES string of the molecule is CN(CCS(=O)(=O)c1ccccc1)Cc1ccccc1F. The summed E-state index contributed by atoms with van der Waals surface area (Å²) in [5.74, 6) is -0.252. The van der Waals surface area contributed by atoms with E-state index in [0.717, 1.165) is 0 Å². The third-order valence-corrected chi connectivity index (χ3v) is 4.95. The molecule has 0 saturated carbocycles. The Balaban J connectivity index is 1.95. The van der Waals surface area contributed by atoms with Gasteiger partial charge in [-0.25, -0.2) is 12.8 Å². The fraction of sp³-hybridized carbons (Fsp3) is 0.250. The van der Waals surface area contributed by atoms with Crippen molar-refractivity contribution in [3.63, 3.8) is 0 Å². The van der Waals surface area contributed by atoms with Crippen LogP contribution in [0.1, 0.15) is 5.56 Å². The molecular formula is C16H18FNO2S. The number of nitrogens with zero attached hydrogens (tertiary/aromatic N) is 1. The Morgan fingerprint density at radius 1 is 1.00 bits per heavy atom. The molecule has 0 saturated heterocycles. The Morgan fingerprint density at radius 3 is 2.29 bits per heavy atom. The van der Waals surface area contributed by atoms with Crippen molar-refractivity contribution < 1.29 is 12.8 Å². The van der Waals surface area contributed by atoms with Gasteiger partial charge in [-0.1, -0.05) is 36.4 Å². The van der Waals surface area contributed by atoms with Gasteiger partial charge in [0.05, 0.1) is 10.6 Å². The highest BCUT2D eigenvalue weighted by Crippen LogP contribution is 2.12. The van der Waals surface area contributed by atoms with Gasteiger partial charge in [0.25, 0.3) is 0 Å². The summed E-state index contributed by atoms with van der Waals surface area (Å²) in [6, 6.07) is 14.9. The van der Waals surface area contributed by atoms with E-state index in [9.17, 15) is 12.8 Å². The molecule has 0 aliphatic carbocycles. The average molecular weight is 307 g/mol. The van der Waals surface area contributed by atoms with Crippen molar-refractivity contribution in [3.05, 3.63) is 66.0 Å². The van der Waals surface area contributed by atoms with Crippen LogP contribution in [0.25, 0.3) is 0 Å². The summed E-state index contributed by atoms with van der Waals surface area (Å²) in [6.07, 6.45) is 0. The van der Waals surface area contributed by atoms with Crippen molar-refractivity contribution in [3.8, 4) is 0 Å². The summed E-state index contributed by atoms with van der Waals surface area (Å²) < 4.78 is 37.9. The highest BCUT2D eigenvalue weighted by Gasteiger charge is 2.15. The highest BCUT2D eigenvalue weighted by molar-refractivity contribution is 7.91. The lowest BCUT2D eigenvalue weighted by Gasteiger charge is -2.17. The maximum Gasteiger partial charge on any atom is 0.179 e. The number of benzene rings is 2. The second-order valence-electron chi connectivity index (χ2n) is 4.96. The van der Waals surface area contributed by atoms with Crippen molar-refractivity contribution in [2.45, 2.75) is 11.4 Å². The van der Waals surface area contributed by atoms with Gasteiger partial charge in [0.1, 0.15) is 5.82 Å². The fourth-order valence-electron chi connectivity index (χ4n) is 2.02. The minimum Gasteiger partial charge on any atom is -0.301 e. The summed E-state index contributed by atoms with van der Waals surface area (Å²) in [5.41, 5.74) is 0.567. The monoisotopic (exact) mass is 307 g/mol. The minimum atomic E-state index is -3.29. The molecule has 0 fully saturated rings. The van der Waals surface area contributed by atoms with Crippen LogP contribution in [0.5, 0.6) is 0 Å². The van der Waals surface area contributed by atoms with E-state index >= 15 is 0 Å². The number of hydrogen-bond acceptors (Lipinski definition) is 3. The number of hydrogen-bond donors (Lipinski definition) is 0. The van der Waals surface area contributed by atoms with Crippen molar-refractivity contribution in [1.29, 1.82) is 0 Å². The molecule has 0 aliphatic rings. The van der Waals surface area contributed by atoms with Crippen LogP contribution in [0.15, 0.2) is 59.5 Å². The van der Waals surface area contributed by atoms with Gasteiger partial charge in [0, 0.05) is 18.7 Å². The zero-order chi connectivity index (χ0) is 15.3. The van der Waals surface area contributed by atoms with Crippen molar-refractivity contribution in [1.82, 2.24) is 4.90 Å². The van der Waals surface area contributed by atoms with Gasteiger partial charge in [-0.05, 0) is 25.2 Å². The Bertz CT molecular complexity index is 686. The predicted molar refractivity (Wildman–Crippen MR) is 81.2 cm³/mol. The predicted octanol–water partition coefficient (Wildman–Crippen LogP) is 2.73. The van der Waals surface area contributed by atoms with Crippen molar-refractivity contribution >= 4 is 9.84 Å². The first-order valence-corrected chi connectivity index (χ1v) is 8.34. The largest absolute Gasteiger partial charge is 0.301 e. The first-order chi connectivity index (χ1) is 9.99. The maximum absolute atomic E-state index is 13.5. The van der Waals surface area contributed by atoms with E-state index in [1.54, 1.807) is 60.5 Å². The van der Waals surface area contributed by atoms with Crippen LogP contribution >= 0.6 is 0 Å². The van der Waals surface area contributed by atoms with Crippen LogP contribution in [0.4, 0.5) is 4.39 Å². The minimum absolute atomic E-state index is 0.0158. The normalized spacial score (nSPS) is 11.8. The van der Waals surface area contributed by atoms with E-state index in [1.165, 1.54) is 6.07 Å². The van der Waals surface area contributed by atoms with E-state index < -0.39 is 9.84 Å². The lowest BCUT2D eigenvalue weighted by molar-refractivity contribution is 0.339. The number of rotatable bonds is 6. The highest BCUT2D eigenvalue weighted by atomic mass is 32.2. The third kappa shape index (κ3) is 4.37. The zero-order valence-electron chi connectivity index (χ0n) is 11.9.